The van der Waals surface area contributed by atoms with Crippen LogP contribution in [0.25, 0.3) is 5.65 Å². The zero-order valence-corrected chi connectivity index (χ0v) is 12.2. The second-order valence-corrected chi connectivity index (χ2v) is 5.07. The summed E-state index contributed by atoms with van der Waals surface area (Å²) < 4.78 is 1.79. The van der Waals surface area contributed by atoms with Gasteiger partial charge in [0.25, 0.3) is 0 Å². The molecule has 2 N–H and O–H groups in total. The number of hydrogen-bond acceptors (Lipinski definition) is 5. The third-order valence-electron chi connectivity index (χ3n) is 3.62. The van der Waals surface area contributed by atoms with Crippen molar-refractivity contribution in [3.63, 3.8) is 0 Å². The highest BCUT2D eigenvalue weighted by atomic mass is 15.3. The van der Waals surface area contributed by atoms with E-state index in [1.165, 1.54) is 5.56 Å². The number of pyridine rings is 2. The first-order valence-corrected chi connectivity index (χ1v) is 6.87. The first-order valence-electron chi connectivity index (χ1n) is 6.87. The molecule has 6 nitrogen and oxygen atoms in total. The fourth-order valence-corrected chi connectivity index (χ4v) is 2.45. The van der Waals surface area contributed by atoms with E-state index in [4.69, 9.17) is 5.73 Å². The number of anilines is 2. The van der Waals surface area contributed by atoms with Gasteiger partial charge in [-0.1, -0.05) is 0 Å². The van der Waals surface area contributed by atoms with Gasteiger partial charge in [0.05, 0.1) is 11.4 Å². The maximum absolute atomic E-state index is 5.66. The van der Waals surface area contributed by atoms with Crippen molar-refractivity contribution in [2.45, 2.75) is 13.3 Å². The van der Waals surface area contributed by atoms with Gasteiger partial charge in [-0.2, -0.15) is 4.98 Å². The lowest BCUT2D eigenvalue weighted by atomic mass is 10.2. The molecule has 0 saturated carbocycles. The van der Waals surface area contributed by atoms with Gasteiger partial charge in [0, 0.05) is 26.0 Å². The number of hydrogen-bond donors (Lipinski definition) is 1. The van der Waals surface area contributed by atoms with Crippen LogP contribution < -0.4 is 10.6 Å². The maximum atomic E-state index is 5.66. The van der Waals surface area contributed by atoms with E-state index >= 15 is 0 Å². The highest BCUT2D eigenvalue weighted by Crippen LogP contribution is 2.20. The predicted molar refractivity (Wildman–Crippen MR) is 83.3 cm³/mol. The smallest absolute Gasteiger partial charge is 0.240 e. The Morgan fingerprint density at radius 1 is 1.19 bits per heavy atom. The van der Waals surface area contributed by atoms with Gasteiger partial charge >= 0.3 is 0 Å². The fraction of sp³-hybridized carbons (Fsp3) is 0.267. The van der Waals surface area contributed by atoms with Crippen molar-refractivity contribution in [1.29, 1.82) is 0 Å². The highest BCUT2D eigenvalue weighted by molar-refractivity contribution is 5.57. The van der Waals surface area contributed by atoms with Crippen molar-refractivity contribution in [1.82, 2.24) is 19.6 Å². The number of aryl methyl sites for hydroxylation is 1. The SMILES string of the molecule is Cc1c(N(C)CCc2ccncc2)ccc2nc(N)nn12. The van der Waals surface area contributed by atoms with Crippen LogP contribution in [0.3, 0.4) is 0 Å². The van der Waals surface area contributed by atoms with Gasteiger partial charge in [-0.3, -0.25) is 4.98 Å². The van der Waals surface area contributed by atoms with Gasteiger partial charge < -0.3 is 10.6 Å². The summed E-state index contributed by atoms with van der Waals surface area (Å²) in [5.74, 6) is 0.301. The van der Waals surface area contributed by atoms with Crippen LogP contribution in [-0.2, 0) is 6.42 Å². The van der Waals surface area contributed by atoms with Crippen LogP contribution in [0.4, 0.5) is 11.6 Å². The summed E-state index contributed by atoms with van der Waals surface area (Å²) in [5, 5.41) is 4.22. The van der Waals surface area contributed by atoms with Crippen LogP contribution in [0.1, 0.15) is 11.3 Å². The van der Waals surface area contributed by atoms with Gasteiger partial charge in [-0.05, 0) is 43.2 Å². The monoisotopic (exact) mass is 282 g/mol. The maximum Gasteiger partial charge on any atom is 0.240 e. The normalized spacial score (nSPS) is 11.0. The Hall–Kier alpha value is -2.63. The van der Waals surface area contributed by atoms with E-state index in [2.05, 4.69) is 33.1 Å². The van der Waals surface area contributed by atoms with E-state index in [0.29, 0.717) is 5.95 Å². The Morgan fingerprint density at radius 2 is 1.95 bits per heavy atom. The van der Waals surface area contributed by atoms with Crippen molar-refractivity contribution in [2.24, 2.45) is 0 Å². The molecule has 0 radical (unpaired) electrons. The number of nitrogens with two attached hydrogens (primary N) is 1. The minimum Gasteiger partial charge on any atom is -0.373 e. The lowest BCUT2D eigenvalue weighted by molar-refractivity contribution is 0.845. The van der Waals surface area contributed by atoms with E-state index in [0.717, 1.165) is 30.0 Å². The van der Waals surface area contributed by atoms with Gasteiger partial charge in [0.2, 0.25) is 5.95 Å². The second kappa shape index (κ2) is 5.40. The Kier molecular flexibility index (Phi) is 3.43. The highest BCUT2D eigenvalue weighted by Gasteiger charge is 2.10. The molecule has 0 fully saturated rings. The molecule has 0 aliphatic carbocycles. The number of likely N-dealkylation sites (N-methyl/N-ethyl adjacent to an activating group) is 1. The molecule has 0 spiro atoms. The lowest BCUT2D eigenvalue weighted by Crippen LogP contribution is -2.22. The van der Waals surface area contributed by atoms with Gasteiger partial charge in [0.15, 0.2) is 5.65 Å². The molecule has 3 aromatic rings. The molecule has 0 atom stereocenters. The molecule has 21 heavy (non-hydrogen) atoms. The van der Waals surface area contributed by atoms with Crippen LogP contribution >= 0.6 is 0 Å². The lowest BCUT2D eigenvalue weighted by Gasteiger charge is -2.21. The molecule has 0 unspecified atom stereocenters. The fourth-order valence-electron chi connectivity index (χ4n) is 2.45. The summed E-state index contributed by atoms with van der Waals surface area (Å²) >= 11 is 0. The molecule has 6 heteroatoms. The molecule has 3 rings (SSSR count). The van der Waals surface area contributed by atoms with Crippen molar-refractivity contribution < 1.29 is 0 Å². The molecule has 3 aromatic heterocycles. The van der Waals surface area contributed by atoms with Crippen molar-refractivity contribution in [2.75, 3.05) is 24.2 Å². The van der Waals surface area contributed by atoms with Gasteiger partial charge in [-0.15, -0.1) is 5.10 Å². The summed E-state index contributed by atoms with van der Waals surface area (Å²) in [6, 6.07) is 8.09. The molecule has 108 valence electrons. The molecule has 0 amide bonds. The average molecular weight is 282 g/mol. The van der Waals surface area contributed by atoms with E-state index < -0.39 is 0 Å². The number of rotatable bonds is 4. The summed E-state index contributed by atoms with van der Waals surface area (Å²) in [6.07, 6.45) is 4.62. The predicted octanol–water partition coefficient (Wildman–Crippen LogP) is 1.69. The van der Waals surface area contributed by atoms with Crippen molar-refractivity contribution in [3.8, 4) is 0 Å². The molecule has 3 heterocycles. The Bertz CT molecular complexity index is 749. The number of nitrogens with zero attached hydrogens (tertiary/aromatic N) is 5. The Labute approximate surface area is 123 Å². The number of aromatic nitrogens is 4. The van der Waals surface area contributed by atoms with Crippen LogP contribution in [0.15, 0.2) is 36.7 Å². The topological polar surface area (TPSA) is 72.3 Å². The molecule has 0 saturated heterocycles. The molecule has 0 bridgehead atoms. The average Bonchev–Trinajstić information content (AvgIpc) is 2.88. The van der Waals surface area contributed by atoms with E-state index in [-0.39, 0.29) is 0 Å². The number of nitrogen functional groups attached to an aromatic ring is 1. The third-order valence-corrected chi connectivity index (χ3v) is 3.62. The largest absolute Gasteiger partial charge is 0.373 e. The second-order valence-electron chi connectivity index (χ2n) is 5.07. The number of fused-ring (bicyclic) bond motifs is 1. The van der Waals surface area contributed by atoms with Crippen LogP contribution in [-0.4, -0.2) is 33.2 Å². The third kappa shape index (κ3) is 2.65. The zero-order valence-electron chi connectivity index (χ0n) is 12.2. The van der Waals surface area contributed by atoms with E-state index in [9.17, 15) is 0 Å². The van der Waals surface area contributed by atoms with E-state index in [1.807, 2.05) is 37.5 Å². The summed E-state index contributed by atoms with van der Waals surface area (Å²) in [6.45, 7) is 2.94. The Morgan fingerprint density at radius 3 is 2.71 bits per heavy atom. The van der Waals surface area contributed by atoms with Crippen LogP contribution in [0.5, 0.6) is 0 Å². The van der Waals surface area contributed by atoms with Gasteiger partial charge in [-0.25, -0.2) is 4.52 Å². The quantitative estimate of drug-likeness (QED) is 0.788. The summed E-state index contributed by atoms with van der Waals surface area (Å²) in [7, 11) is 2.08. The zero-order chi connectivity index (χ0) is 14.8. The first-order chi connectivity index (χ1) is 10.1. The van der Waals surface area contributed by atoms with Gasteiger partial charge in [0.1, 0.15) is 0 Å². The molecule has 0 aliphatic heterocycles. The summed E-state index contributed by atoms with van der Waals surface area (Å²) in [5.41, 5.74) is 9.87. The molecule has 0 aliphatic rings. The van der Waals surface area contributed by atoms with Crippen molar-refractivity contribution in [3.05, 3.63) is 47.9 Å². The molecular weight excluding hydrogens is 264 g/mol. The first kappa shape index (κ1) is 13.4. The minimum atomic E-state index is 0.301. The summed E-state index contributed by atoms with van der Waals surface area (Å²) in [4.78, 5) is 10.4. The minimum absolute atomic E-state index is 0.301. The molecular formula is C15H18N6. The van der Waals surface area contributed by atoms with Crippen LogP contribution in [0, 0.1) is 6.92 Å². The Balaban J connectivity index is 1.81. The van der Waals surface area contributed by atoms with Crippen LogP contribution in [0.2, 0.25) is 0 Å². The molecule has 0 aromatic carbocycles. The van der Waals surface area contributed by atoms with E-state index in [1.54, 1.807) is 4.52 Å². The van der Waals surface area contributed by atoms with Crippen molar-refractivity contribution >= 4 is 17.3 Å². The standard InChI is InChI=1S/C15H18N6/c1-11-13(3-4-14-18-15(16)19-21(11)14)20(2)10-7-12-5-8-17-9-6-12/h3-6,8-9H,7,10H2,1-2H3,(H2,16,19).